The molecule has 2 amide bonds. The molecule has 13 heteroatoms. The number of anilines is 1. The third-order valence-electron chi connectivity index (χ3n) is 5.23. The van der Waals surface area contributed by atoms with Crippen LogP contribution in [0.3, 0.4) is 0 Å². The first kappa shape index (κ1) is 27.8. The van der Waals surface area contributed by atoms with E-state index < -0.39 is 17.9 Å². The van der Waals surface area contributed by atoms with Gasteiger partial charge in [-0.25, -0.2) is 14.2 Å². The third kappa shape index (κ3) is 8.10. The fraction of sp³-hybridized carbons (Fsp3) is 0.292. The van der Waals surface area contributed by atoms with Gasteiger partial charge in [0, 0.05) is 31.4 Å². The minimum Gasteiger partial charge on any atom is -0.456 e. The van der Waals surface area contributed by atoms with Crippen LogP contribution in [0.15, 0.2) is 70.4 Å². The number of nitrogens with one attached hydrogen (secondary N) is 2. The van der Waals surface area contributed by atoms with Crippen LogP contribution in [0.25, 0.3) is 0 Å². The number of piperidine rings is 1. The van der Waals surface area contributed by atoms with Crippen molar-refractivity contribution < 1.29 is 31.8 Å². The van der Waals surface area contributed by atoms with Crippen molar-refractivity contribution >= 4 is 30.0 Å². The van der Waals surface area contributed by atoms with E-state index in [2.05, 4.69) is 32.1 Å². The molecular weight excluding hydrogens is 518 g/mol. The highest BCUT2D eigenvalue weighted by Crippen LogP contribution is 2.32. The summed E-state index contributed by atoms with van der Waals surface area (Å²) in [5.41, 5.74) is 0.572. The predicted molar refractivity (Wildman–Crippen MR) is 131 cm³/mol. The molecule has 0 radical (unpaired) electrons. The Hall–Kier alpha value is -3.80. The molecule has 1 aromatic heterocycles. The molecule has 1 saturated heterocycles. The first-order chi connectivity index (χ1) is 17.6. The summed E-state index contributed by atoms with van der Waals surface area (Å²) >= 11 is 6.52. The van der Waals surface area contributed by atoms with Crippen molar-refractivity contribution in [3.05, 3.63) is 71.2 Å². The Balaban J connectivity index is 1.64. The second-order valence-electron chi connectivity index (χ2n) is 7.79. The molecule has 1 aliphatic heterocycles. The normalized spacial score (nSPS) is 15.5. The summed E-state index contributed by atoms with van der Waals surface area (Å²) in [6.07, 6.45) is 0.733. The maximum Gasteiger partial charge on any atom is 0.573 e. The van der Waals surface area contributed by atoms with Crippen molar-refractivity contribution in [1.82, 2.24) is 15.2 Å². The number of hydrogen-bond donors (Lipinski definition) is 2. The number of pyridine rings is 1. The molecule has 0 bridgehead atoms. The summed E-state index contributed by atoms with van der Waals surface area (Å²) in [4.78, 5) is 22.0. The van der Waals surface area contributed by atoms with E-state index >= 15 is 0 Å². The SMILES string of the molecule is C=N/C(=C(Cl)\C(=C/C)Oc1ccc(F)c(OC(F)(F)F)c1)N1CCC(NC(=O)Nc2cccnc2)CC1. The van der Waals surface area contributed by atoms with E-state index in [1.54, 1.807) is 25.3 Å². The molecule has 2 N–H and O–H groups in total. The van der Waals surface area contributed by atoms with E-state index in [0.29, 0.717) is 37.4 Å². The van der Waals surface area contributed by atoms with Crippen LogP contribution in [0.2, 0.25) is 0 Å². The van der Waals surface area contributed by atoms with Crippen molar-refractivity contribution in [2.24, 2.45) is 4.99 Å². The number of aliphatic imine (C=N–C) groups is 1. The number of aromatic nitrogens is 1. The van der Waals surface area contributed by atoms with Crippen molar-refractivity contribution in [3.8, 4) is 11.5 Å². The quantitative estimate of drug-likeness (QED) is 0.191. The van der Waals surface area contributed by atoms with Gasteiger partial charge in [0.05, 0.1) is 11.9 Å². The Morgan fingerprint density at radius 1 is 1.30 bits per heavy atom. The number of rotatable bonds is 8. The number of alkyl halides is 3. The number of amides is 2. The summed E-state index contributed by atoms with van der Waals surface area (Å²) in [6.45, 7) is 6.14. The molecule has 0 unspecified atom stereocenters. The highest BCUT2D eigenvalue weighted by molar-refractivity contribution is 6.32. The van der Waals surface area contributed by atoms with Gasteiger partial charge in [-0.1, -0.05) is 11.6 Å². The molecule has 8 nitrogen and oxygen atoms in total. The maximum atomic E-state index is 13.7. The molecule has 0 saturated carbocycles. The van der Waals surface area contributed by atoms with Gasteiger partial charge < -0.3 is 25.0 Å². The van der Waals surface area contributed by atoms with Gasteiger partial charge in [0.25, 0.3) is 0 Å². The molecular formula is C24H24ClF4N5O3. The number of carbonyl (C=O) groups excluding carboxylic acids is 1. The largest absolute Gasteiger partial charge is 0.573 e. The molecule has 0 atom stereocenters. The van der Waals surface area contributed by atoms with E-state index in [9.17, 15) is 22.4 Å². The van der Waals surface area contributed by atoms with Crippen LogP contribution in [0.5, 0.6) is 11.5 Å². The molecule has 0 spiro atoms. The van der Waals surface area contributed by atoms with Gasteiger partial charge in [-0.15, -0.1) is 13.2 Å². The van der Waals surface area contributed by atoms with Crippen molar-refractivity contribution in [2.45, 2.75) is 32.2 Å². The lowest BCUT2D eigenvalue weighted by molar-refractivity contribution is -0.275. The molecule has 198 valence electrons. The van der Waals surface area contributed by atoms with Gasteiger partial charge in [-0.05, 0) is 56.8 Å². The lowest BCUT2D eigenvalue weighted by atomic mass is 10.1. The summed E-state index contributed by atoms with van der Waals surface area (Å²) in [5.74, 6) is -2.00. The zero-order valence-corrected chi connectivity index (χ0v) is 20.4. The average molecular weight is 542 g/mol. The summed E-state index contributed by atoms with van der Waals surface area (Å²) < 4.78 is 60.6. The number of hydrogen-bond acceptors (Lipinski definition) is 6. The lowest BCUT2D eigenvalue weighted by Gasteiger charge is -2.34. The molecule has 3 rings (SSSR count). The van der Waals surface area contributed by atoms with Gasteiger partial charge in [0.2, 0.25) is 0 Å². The van der Waals surface area contributed by atoms with Crippen LogP contribution in [0, 0.1) is 5.82 Å². The Morgan fingerprint density at radius 2 is 2.03 bits per heavy atom. The minimum absolute atomic E-state index is 0.0563. The number of halogens is 5. The summed E-state index contributed by atoms with van der Waals surface area (Å²) in [7, 11) is 0. The number of urea groups is 1. The van der Waals surface area contributed by atoms with Crippen LogP contribution < -0.4 is 20.1 Å². The van der Waals surface area contributed by atoms with E-state index in [1.807, 2.05) is 4.90 Å². The Bertz CT molecular complexity index is 1170. The van der Waals surface area contributed by atoms with E-state index in [4.69, 9.17) is 16.3 Å². The van der Waals surface area contributed by atoms with Gasteiger partial charge >= 0.3 is 12.4 Å². The second kappa shape index (κ2) is 12.4. The van der Waals surface area contributed by atoms with E-state index in [-0.39, 0.29) is 28.6 Å². The Kier molecular flexibility index (Phi) is 9.34. The van der Waals surface area contributed by atoms with Gasteiger partial charge in [0.1, 0.15) is 22.4 Å². The third-order valence-corrected chi connectivity index (χ3v) is 5.59. The highest BCUT2D eigenvalue weighted by atomic mass is 35.5. The molecule has 2 heterocycles. The number of allylic oxidation sites excluding steroid dienone is 2. The van der Waals surface area contributed by atoms with Crippen molar-refractivity contribution in [1.29, 1.82) is 0 Å². The Morgan fingerprint density at radius 3 is 2.62 bits per heavy atom. The lowest BCUT2D eigenvalue weighted by Crippen LogP contribution is -2.45. The standard InChI is InChI=1S/C24H24ClF4N5O3/c1-3-19(36-17-6-7-18(26)20(13-17)37-24(27,28)29)21(25)22(30-2)34-11-8-15(9-12-34)32-23(35)33-16-5-4-10-31-14-16/h3-7,10,13-15H,2,8-9,11-12H2,1H3,(H2,32,33,35)/b19-3+,22-21-. The van der Waals surface area contributed by atoms with Crippen LogP contribution in [-0.4, -0.2) is 48.1 Å². The van der Waals surface area contributed by atoms with Crippen LogP contribution in [0.1, 0.15) is 19.8 Å². The number of nitrogens with zero attached hydrogens (tertiary/aromatic N) is 3. The Labute approximate surface area is 215 Å². The number of benzene rings is 1. The number of carbonyl (C=O) groups is 1. The van der Waals surface area contributed by atoms with E-state index in [1.165, 1.54) is 12.3 Å². The number of ether oxygens (including phenoxy) is 2. The van der Waals surface area contributed by atoms with Crippen molar-refractivity contribution in [2.75, 3.05) is 18.4 Å². The van der Waals surface area contributed by atoms with Crippen LogP contribution in [-0.2, 0) is 0 Å². The average Bonchev–Trinajstić information content (AvgIpc) is 2.85. The zero-order chi connectivity index (χ0) is 27.0. The summed E-state index contributed by atoms with van der Waals surface area (Å²) in [6, 6.07) is 5.69. The highest BCUT2D eigenvalue weighted by Gasteiger charge is 2.32. The van der Waals surface area contributed by atoms with Crippen molar-refractivity contribution in [3.63, 3.8) is 0 Å². The topological polar surface area (TPSA) is 88.1 Å². The summed E-state index contributed by atoms with van der Waals surface area (Å²) in [5, 5.41) is 5.68. The molecule has 1 aliphatic rings. The van der Waals surface area contributed by atoms with Crippen LogP contribution >= 0.6 is 11.6 Å². The predicted octanol–water partition coefficient (Wildman–Crippen LogP) is 5.80. The fourth-order valence-electron chi connectivity index (χ4n) is 3.55. The van der Waals surface area contributed by atoms with Crippen LogP contribution in [0.4, 0.5) is 28.0 Å². The molecule has 37 heavy (non-hydrogen) atoms. The maximum absolute atomic E-state index is 13.7. The first-order valence-electron chi connectivity index (χ1n) is 11.1. The fourth-order valence-corrected chi connectivity index (χ4v) is 3.88. The molecule has 1 aromatic carbocycles. The second-order valence-corrected chi connectivity index (χ2v) is 8.17. The number of likely N-dealkylation sites (tertiary alicyclic amines) is 1. The molecule has 1 fully saturated rings. The van der Waals surface area contributed by atoms with Gasteiger partial charge in [-0.3, -0.25) is 4.98 Å². The smallest absolute Gasteiger partial charge is 0.456 e. The molecule has 0 aliphatic carbocycles. The first-order valence-corrected chi connectivity index (χ1v) is 11.5. The van der Waals surface area contributed by atoms with Gasteiger partial charge in [0.15, 0.2) is 11.6 Å². The zero-order valence-electron chi connectivity index (χ0n) is 19.7. The molecule has 2 aromatic rings. The van der Waals surface area contributed by atoms with E-state index in [0.717, 1.165) is 18.2 Å². The minimum atomic E-state index is -5.07. The monoisotopic (exact) mass is 541 g/mol. The van der Waals surface area contributed by atoms with Gasteiger partial charge in [-0.2, -0.15) is 0 Å².